The number of piperidine rings is 1. The molecule has 0 spiro atoms. The maximum absolute atomic E-state index is 12.7. The van der Waals surface area contributed by atoms with Crippen molar-refractivity contribution in [2.75, 3.05) is 13.1 Å². The highest BCUT2D eigenvalue weighted by Crippen LogP contribution is 2.21. The first kappa shape index (κ1) is 20.6. The van der Waals surface area contributed by atoms with Crippen molar-refractivity contribution in [3.05, 3.63) is 70.5 Å². The molecule has 0 aliphatic carbocycles. The van der Waals surface area contributed by atoms with Gasteiger partial charge < -0.3 is 9.84 Å². The number of amides is 1. The monoisotopic (exact) mass is 424 g/mol. The fraction of sp³-hybridized carbons (Fsp3) is 0.348. The number of hydrogen-bond acceptors (Lipinski definition) is 5. The van der Waals surface area contributed by atoms with Crippen molar-refractivity contribution in [3.8, 4) is 11.5 Å². The van der Waals surface area contributed by atoms with Gasteiger partial charge in [-0.2, -0.15) is 4.98 Å². The zero-order chi connectivity index (χ0) is 20.9. The van der Waals surface area contributed by atoms with Gasteiger partial charge in [0, 0.05) is 23.7 Å². The summed E-state index contributed by atoms with van der Waals surface area (Å²) in [6.45, 7) is 4.66. The topological polar surface area (TPSA) is 71.3 Å². The van der Waals surface area contributed by atoms with E-state index in [4.69, 9.17) is 16.1 Å². The number of likely N-dealkylation sites (tertiary alicyclic amines) is 1. The summed E-state index contributed by atoms with van der Waals surface area (Å²) >= 11 is 6.18. The maximum Gasteiger partial charge on any atom is 0.257 e. The Kier molecular flexibility index (Phi) is 6.45. The molecule has 3 aromatic rings. The number of nitrogens with one attached hydrogen (secondary N) is 1. The predicted octanol–water partition coefficient (Wildman–Crippen LogP) is 4.23. The molecule has 1 aliphatic rings. The zero-order valence-electron chi connectivity index (χ0n) is 17.0. The van der Waals surface area contributed by atoms with Crippen LogP contribution in [0.5, 0.6) is 0 Å². The minimum atomic E-state index is -0.0512. The van der Waals surface area contributed by atoms with Crippen LogP contribution in [0.25, 0.3) is 11.5 Å². The van der Waals surface area contributed by atoms with Gasteiger partial charge in [0.05, 0.1) is 12.5 Å². The number of rotatable bonds is 6. The van der Waals surface area contributed by atoms with Crippen molar-refractivity contribution < 1.29 is 9.32 Å². The molecule has 1 aromatic heterocycles. The third-order valence-corrected chi connectivity index (χ3v) is 5.79. The fourth-order valence-corrected chi connectivity index (χ4v) is 3.92. The van der Waals surface area contributed by atoms with E-state index in [-0.39, 0.29) is 11.8 Å². The van der Waals surface area contributed by atoms with E-state index >= 15 is 0 Å². The lowest BCUT2D eigenvalue weighted by molar-refractivity contribution is -0.127. The Bertz CT molecular complexity index is 1000. The molecule has 6 nitrogen and oxygen atoms in total. The van der Waals surface area contributed by atoms with Crippen molar-refractivity contribution in [3.63, 3.8) is 0 Å². The number of aryl methyl sites for hydroxylation is 1. The normalized spacial score (nSPS) is 17.1. The van der Waals surface area contributed by atoms with Gasteiger partial charge in [0.2, 0.25) is 5.91 Å². The molecule has 0 saturated carbocycles. The second-order valence-corrected chi connectivity index (χ2v) is 8.17. The molecule has 1 atom stereocenters. The van der Waals surface area contributed by atoms with Gasteiger partial charge in [0.1, 0.15) is 0 Å². The van der Waals surface area contributed by atoms with E-state index in [1.54, 1.807) is 0 Å². The van der Waals surface area contributed by atoms with Crippen molar-refractivity contribution in [2.45, 2.75) is 32.9 Å². The van der Waals surface area contributed by atoms with Crippen LogP contribution in [-0.2, 0) is 17.9 Å². The lowest BCUT2D eigenvalue weighted by atomic mass is 9.97. The van der Waals surface area contributed by atoms with Crippen molar-refractivity contribution in [1.29, 1.82) is 0 Å². The van der Waals surface area contributed by atoms with E-state index in [9.17, 15) is 4.79 Å². The smallest absolute Gasteiger partial charge is 0.257 e. The Labute approximate surface area is 181 Å². The molecule has 1 fully saturated rings. The van der Waals surface area contributed by atoms with Crippen LogP contribution >= 0.6 is 11.6 Å². The van der Waals surface area contributed by atoms with Gasteiger partial charge in [0.25, 0.3) is 5.89 Å². The SMILES string of the molecule is Cc1ccc(-c2nc(CN3CCCC(C(=O)NCc4ccccc4Cl)C3)no2)cc1. The van der Waals surface area contributed by atoms with E-state index in [2.05, 4.69) is 20.4 Å². The summed E-state index contributed by atoms with van der Waals surface area (Å²) in [5.74, 6) is 1.18. The van der Waals surface area contributed by atoms with Crippen molar-refractivity contribution in [2.24, 2.45) is 5.92 Å². The molecule has 0 radical (unpaired) electrons. The Hall–Kier alpha value is -2.70. The van der Waals surface area contributed by atoms with Crippen molar-refractivity contribution >= 4 is 17.5 Å². The van der Waals surface area contributed by atoms with Crippen LogP contribution < -0.4 is 5.32 Å². The number of halogens is 1. The van der Waals surface area contributed by atoms with Gasteiger partial charge in [0.15, 0.2) is 5.82 Å². The van der Waals surface area contributed by atoms with Gasteiger partial charge in [-0.3, -0.25) is 9.69 Å². The summed E-state index contributed by atoms with van der Waals surface area (Å²) in [7, 11) is 0. The van der Waals surface area contributed by atoms with Gasteiger partial charge in [-0.1, -0.05) is 52.7 Å². The van der Waals surface area contributed by atoms with Crippen LogP contribution in [0.4, 0.5) is 0 Å². The average molecular weight is 425 g/mol. The molecule has 1 saturated heterocycles. The number of aromatic nitrogens is 2. The molecule has 1 aliphatic heterocycles. The first-order valence-corrected chi connectivity index (χ1v) is 10.6. The Morgan fingerprint density at radius 1 is 1.23 bits per heavy atom. The molecule has 30 heavy (non-hydrogen) atoms. The molecule has 1 unspecified atom stereocenters. The third-order valence-electron chi connectivity index (χ3n) is 5.42. The Morgan fingerprint density at radius 2 is 2.03 bits per heavy atom. The molecule has 7 heteroatoms. The van der Waals surface area contributed by atoms with Gasteiger partial charge in [-0.15, -0.1) is 0 Å². The second kappa shape index (κ2) is 9.41. The molecule has 0 bridgehead atoms. The molecule has 2 aromatic carbocycles. The number of nitrogens with zero attached hydrogens (tertiary/aromatic N) is 3. The standard InChI is InChI=1S/C23H25ClN4O2/c1-16-8-10-17(11-9-16)23-26-21(27-30-23)15-28-12-4-6-19(14-28)22(29)25-13-18-5-2-3-7-20(18)24/h2-3,5,7-11,19H,4,6,12-15H2,1H3,(H,25,29). The average Bonchev–Trinajstić information content (AvgIpc) is 3.22. The Balaban J connectivity index is 1.32. The summed E-state index contributed by atoms with van der Waals surface area (Å²) < 4.78 is 5.43. The largest absolute Gasteiger partial charge is 0.352 e. The minimum absolute atomic E-state index is 0.0512. The summed E-state index contributed by atoms with van der Waals surface area (Å²) in [4.78, 5) is 19.4. The number of benzene rings is 2. The highest BCUT2D eigenvalue weighted by atomic mass is 35.5. The molecule has 1 amide bonds. The van der Waals surface area contributed by atoms with Crippen LogP contribution in [0, 0.1) is 12.8 Å². The van der Waals surface area contributed by atoms with Crippen LogP contribution in [0.15, 0.2) is 53.1 Å². The van der Waals surface area contributed by atoms with E-state index in [1.807, 2.05) is 55.5 Å². The molecule has 4 rings (SSSR count). The van der Waals surface area contributed by atoms with E-state index in [0.29, 0.717) is 36.4 Å². The van der Waals surface area contributed by atoms with E-state index in [1.165, 1.54) is 5.56 Å². The minimum Gasteiger partial charge on any atom is -0.352 e. The van der Waals surface area contributed by atoms with E-state index < -0.39 is 0 Å². The summed E-state index contributed by atoms with van der Waals surface area (Å²) in [6.07, 6.45) is 1.85. The first-order chi connectivity index (χ1) is 14.6. The quantitative estimate of drug-likeness (QED) is 0.641. The van der Waals surface area contributed by atoms with Crippen LogP contribution in [0.2, 0.25) is 5.02 Å². The highest BCUT2D eigenvalue weighted by Gasteiger charge is 2.26. The van der Waals surface area contributed by atoms with Crippen molar-refractivity contribution in [1.82, 2.24) is 20.4 Å². The summed E-state index contributed by atoms with van der Waals surface area (Å²) in [5.41, 5.74) is 3.02. The number of carbonyl (C=O) groups is 1. The predicted molar refractivity (Wildman–Crippen MR) is 116 cm³/mol. The van der Waals surface area contributed by atoms with E-state index in [0.717, 1.165) is 30.5 Å². The van der Waals surface area contributed by atoms with Crippen LogP contribution in [-0.4, -0.2) is 34.0 Å². The molecule has 2 heterocycles. The second-order valence-electron chi connectivity index (χ2n) is 7.77. The number of carbonyl (C=O) groups excluding carboxylic acids is 1. The van der Waals surface area contributed by atoms with Crippen LogP contribution in [0.3, 0.4) is 0 Å². The van der Waals surface area contributed by atoms with Gasteiger partial charge in [-0.25, -0.2) is 0 Å². The first-order valence-electron chi connectivity index (χ1n) is 10.2. The summed E-state index contributed by atoms with van der Waals surface area (Å²) in [6, 6.07) is 15.6. The molecular formula is C23H25ClN4O2. The third kappa shape index (κ3) is 5.07. The van der Waals surface area contributed by atoms with Gasteiger partial charge >= 0.3 is 0 Å². The zero-order valence-corrected chi connectivity index (χ0v) is 17.7. The number of hydrogen-bond donors (Lipinski definition) is 1. The maximum atomic E-state index is 12.7. The van der Waals surface area contributed by atoms with Crippen LogP contribution in [0.1, 0.15) is 29.8 Å². The van der Waals surface area contributed by atoms with Gasteiger partial charge in [-0.05, 0) is 50.1 Å². The highest BCUT2D eigenvalue weighted by molar-refractivity contribution is 6.31. The Morgan fingerprint density at radius 3 is 2.83 bits per heavy atom. The molecular weight excluding hydrogens is 400 g/mol. The lowest BCUT2D eigenvalue weighted by Gasteiger charge is -2.31. The lowest BCUT2D eigenvalue weighted by Crippen LogP contribution is -2.42. The molecule has 1 N–H and O–H groups in total. The fourth-order valence-electron chi connectivity index (χ4n) is 3.71. The summed E-state index contributed by atoms with van der Waals surface area (Å²) in [5, 5.41) is 7.82. The molecule has 156 valence electrons.